The number of ether oxygens (including phenoxy) is 3. The van der Waals surface area contributed by atoms with Crippen molar-refractivity contribution in [1.29, 1.82) is 0 Å². The maximum absolute atomic E-state index is 12.2. The zero-order valence-corrected chi connectivity index (χ0v) is 10.9. The fourth-order valence-corrected chi connectivity index (χ4v) is 3.14. The van der Waals surface area contributed by atoms with Gasteiger partial charge in [-0.05, 0) is 27.7 Å². The number of aliphatic hydroxyl groups is 2. The fourth-order valence-electron chi connectivity index (χ4n) is 3.14. The second-order valence-electron chi connectivity index (χ2n) is 6.26. The largest absolute Gasteiger partial charge is 0.384 e. The van der Waals surface area contributed by atoms with Gasteiger partial charge in [-0.3, -0.25) is 4.79 Å². The van der Waals surface area contributed by atoms with Gasteiger partial charge in [0.05, 0.1) is 0 Å². The van der Waals surface area contributed by atoms with E-state index in [0.29, 0.717) is 0 Å². The van der Waals surface area contributed by atoms with E-state index in [1.165, 1.54) is 20.8 Å². The second-order valence-corrected chi connectivity index (χ2v) is 6.26. The summed E-state index contributed by atoms with van der Waals surface area (Å²) in [7, 11) is 0. The van der Waals surface area contributed by atoms with Gasteiger partial charge in [-0.2, -0.15) is 0 Å². The SMILES string of the molecule is C[C@@]12O[C@]3(C)O[C@@](C)(C[C@]3(O)O1)C(=O)C[C@]2(C)O. The van der Waals surface area contributed by atoms with Crippen molar-refractivity contribution in [3.63, 3.8) is 0 Å². The van der Waals surface area contributed by atoms with Crippen LogP contribution in [0.2, 0.25) is 0 Å². The van der Waals surface area contributed by atoms with Gasteiger partial charge in [0, 0.05) is 12.8 Å². The Labute approximate surface area is 105 Å². The third-order valence-electron chi connectivity index (χ3n) is 4.53. The third-order valence-corrected chi connectivity index (χ3v) is 4.53. The molecule has 0 amide bonds. The van der Waals surface area contributed by atoms with Crippen LogP contribution in [0.3, 0.4) is 0 Å². The lowest BCUT2D eigenvalue weighted by Gasteiger charge is -2.43. The number of fused-ring (bicyclic) bond motifs is 2. The Kier molecular flexibility index (Phi) is 1.95. The molecule has 0 aromatic heterocycles. The monoisotopic (exact) mass is 258 g/mol. The topological polar surface area (TPSA) is 85.2 Å². The first-order chi connectivity index (χ1) is 7.96. The minimum absolute atomic E-state index is 0.000995. The average Bonchev–Trinajstić information content (AvgIpc) is 2.42. The van der Waals surface area contributed by atoms with Crippen molar-refractivity contribution in [2.24, 2.45) is 0 Å². The van der Waals surface area contributed by atoms with E-state index in [1.54, 1.807) is 6.92 Å². The number of hydrogen-bond acceptors (Lipinski definition) is 6. The first-order valence-electron chi connectivity index (χ1n) is 6.04. The highest BCUT2D eigenvalue weighted by atomic mass is 16.9. The van der Waals surface area contributed by atoms with Crippen LogP contribution >= 0.6 is 0 Å². The summed E-state index contributed by atoms with van der Waals surface area (Å²) in [5, 5.41) is 21.0. The molecule has 0 radical (unpaired) electrons. The zero-order valence-electron chi connectivity index (χ0n) is 10.9. The van der Waals surface area contributed by atoms with E-state index in [4.69, 9.17) is 14.2 Å². The lowest BCUT2D eigenvalue weighted by atomic mass is 9.82. The first-order valence-corrected chi connectivity index (χ1v) is 6.04. The van der Waals surface area contributed by atoms with E-state index in [0.717, 1.165) is 0 Å². The molecular weight excluding hydrogens is 240 g/mol. The van der Waals surface area contributed by atoms with Crippen molar-refractivity contribution in [3.8, 4) is 0 Å². The first kappa shape index (κ1) is 12.5. The number of Topliss-reactive ketones (excluding diaryl/α,β-unsaturated/α-hetero) is 1. The van der Waals surface area contributed by atoms with Gasteiger partial charge in [0.15, 0.2) is 5.78 Å². The minimum atomic E-state index is -1.73. The van der Waals surface area contributed by atoms with Crippen LogP contribution in [-0.2, 0) is 19.0 Å². The van der Waals surface area contributed by atoms with Crippen LogP contribution in [0.5, 0.6) is 0 Å². The normalized spacial score (nSPS) is 63.1. The zero-order chi connectivity index (χ0) is 13.6. The molecule has 0 aliphatic carbocycles. The van der Waals surface area contributed by atoms with E-state index >= 15 is 0 Å². The number of carbonyl (C=O) groups is 1. The molecule has 0 aromatic rings. The molecule has 2 N–H and O–H groups in total. The van der Waals surface area contributed by atoms with Crippen LogP contribution in [-0.4, -0.2) is 44.6 Å². The molecule has 4 saturated heterocycles. The highest BCUT2D eigenvalue weighted by molar-refractivity contribution is 5.88. The van der Waals surface area contributed by atoms with Gasteiger partial charge in [-0.1, -0.05) is 0 Å². The second kappa shape index (κ2) is 2.81. The van der Waals surface area contributed by atoms with E-state index in [-0.39, 0.29) is 18.6 Å². The Morgan fingerprint density at radius 2 is 1.61 bits per heavy atom. The molecule has 5 atom stereocenters. The van der Waals surface area contributed by atoms with Gasteiger partial charge in [0.1, 0.15) is 11.2 Å². The van der Waals surface area contributed by atoms with Gasteiger partial charge >= 0.3 is 0 Å². The molecular formula is C12H18O6. The third kappa shape index (κ3) is 1.18. The molecule has 4 rings (SSSR count). The molecule has 6 heteroatoms. The lowest BCUT2D eigenvalue weighted by Crippen LogP contribution is -2.59. The Balaban J connectivity index is 2.19. The fraction of sp³-hybridized carbons (Fsp3) is 0.917. The minimum Gasteiger partial charge on any atom is -0.384 e. The number of ketones is 1. The molecule has 0 saturated carbocycles. The van der Waals surface area contributed by atoms with E-state index in [9.17, 15) is 15.0 Å². The maximum atomic E-state index is 12.2. The van der Waals surface area contributed by atoms with Gasteiger partial charge in [0.2, 0.25) is 17.4 Å². The van der Waals surface area contributed by atoms with E-state index in [2.05, 4.69) is 0 Å². The molecule has 4 fully saturated rings. The van der Waals surface area contributed by atoms with Crippen LogP contribution in [0, 0.1) is 0 Å². The highest BCUT2D eigenvalue weighted by Gasteiger charge is 2.77. The molecule has 0 spiro atoms. The van der Waals surface area contributed by atoms with Gasteiger partial charge in [-0.15, -0.1) is 0 Å². The van der Waals surface area contributed by atoms with Crippen molar-refractivity contribution in [2.75, 3.05) is 0 Å². The van der Waals surface area contributed by atoms with Crippen LogP contribution in [0.15, 0.2) is 0 Å². The summed E-state index contributed by atoms with van der Waals surface area (Å²) < 4.78 is 16.9. The van der Waals surface area contributed by atoms with Crippen LogP contribution < -0.4 is 0 Å². The van der Waals surface area contributed by atoms with Crippen molar-refractivity contribution in [1.82, 2.24) is 0 Å². The molecule has 6 nitrogen and oxygen atoms in total. The summed E-state index contributed by atoms with van der Waals surface area (Å²) in [6, 6.07) is 0. The predicted octanol–water partition coefficient (Wildman–Crippen LogP) is 0.0570. The van der Waals surface area contributed by atoms with Crippen LogP contribution in [0.1, 0.15) is 40.5 Å². The molecule has 4 aliphatic rings. The summed E-state index contributed by atoms with van der Waals surface area (Å²) in [6.07, 6.45) is -0.146. The summed E-state index contributed by atoms with van der Waals surface area (Å²) >= 11 is 0. The standard InChI is InChI=1S/C12H18O6/c1-8-6-12(15)11(4,16-8)17-10(3,18-12)9(2,14)5-7(8)13/h14-15H,5-6H2,1-4H3/t8-,9-,10+,11-,12-/m0/s1. The Hall–Kier alpha value is -0.530. The number of hydrogen-bond donors (Lipinski definition) is 2. The Bertz CT molecular complexity index is 424. The number of rotatable bonds is 0. The van der Waals surface area contributed by atoms with E-state index in [1.807, 2.05) is 0 Å². The highest BCUT2D eigenvalue weighted by Crippen LogP contribution is 2.59. The molecule has 4 bridgehead atoms. The number of carbonyl (C=O) groups excluding carboxylic acids is 1. The Morgan fingerprint density at radius 3 is 2.17 bits per heavy atom. The van der Waals surface area contributed by atoms with Crippen LogP contribution in [0.25, 0.3) is 0 Å². The summed E-state index contributed by atoms with van der Waals surface area (Å²) in [4.78, 5) is 12.2. The van der Waals surface area contributed by atoms with Crippen molar-refractivity contribution >= 4 is 5.78 Å². The van der Waals surface area contributed by atoms with Gasteiger partial charge < -0.3 is 24.4 Å². The smallest absolute Gasteiger partial charge is 0.227 e. The average molecular weight is 258 g/mol. The summed E-state index contributed by atoms with van der Waals surface area (Å²) in [5.41, 5.74) is -2.73. The molecule has 0 aromatic carbocycles. The predicted molar refractivity (Wildman–Crippen MR) is 58.3 cm³/mol. The van der Waals surface area contributed by atoms with Gasteiger partial charge in [0.25, 0.3) is 0 Å². The van der Waals surface area contributed by atoms with Crippen LogP contribution in [0.4, 0.5) is 0 Å². The lowest BCUT2D eigenvalue weighted by molar-refractivity contribution is -0.330. The Morgan fingerprint density at radius 1 is 1.00 bits per heavy atom. The molecule has 18 heavy (non-hydrogen) atoms. The van der Waals surface area contributed by atoms with E-state index < -0.39 is 28.6 Å². The van der Waals surface area contributed by atoms with Gasteiger partial charge in [-0.25, -0.2) is 0 Å². The summed E-state index contributed by atoms with van der Waals surface area (Å²) in [6.45, 7) is 6.09. The molecule has 102 valence electrons. The molecule has 4 aliphatic heterocycles. The van der Waals surface area contributed by atoms with Crippen molar-refractivity contribution in [2.45, 2.75) is 69.1 Å². The quantitative estimate of drug-likeness (QED) is 0.639. The van der Waals surface area contributed by atoms with Crippen molar-refractivity contribution in [3.05, 3.63) is 0 Å². The summed E-state index contributed by atoms with van der Waals surface area (Å²) in [5.74, 6) is -4.91. The molecule has 4 heterocycles. The maximum Gasteiger partial charge on any atom is 0.227 e. The molecule has 0 unspecified atom stereocenters. The van der Waals surface area contributed by atoms with Crippen molar-refractivity contribution < 1.29 is 29.2 Å².